The maximum atomic E-state index is 14.0. The molecule has 2 rings (SSSR count). The van der Waals surface area contributed by atoms with Crippen molar-refractivity contribution in [1.29, 1.82) is 0 Å². The van der Waals surface area contributed by atoms with Crippen LogP contribution in [0.3, 0.4) is 0 Å². The quantitative estimate of drug-likeness (QED) is 0.906. The number of carbonyl (C=O) groups is 1. The van der Waals surface area contributed by atoms with Crippen LogP contribution in [0.4, 0.5) is 10.2 Å². The zero-order chi connectivity index (χ0) is 14.9. The molecule has 0 saturated heterocycles. The van der Waals surface area contributed by atoms with E-state index in [1.165, 1.54) is 17.5 Å². The Balaban J connectivity index is 2.28. The Labute approximate surface area is 119 Å². The van der Waals surface area contributed by atoms with Gasteiger partial charge in [-0.2, -0.15) is 0 Å². The molecule has 0 saturated carbocycles. The summed E-state index contributed by atoms with van der Waals surface area (Å²) in [5.41, 5.74) is 0.481. The third kappa shape index (κ3) is 2.77. The molecule has 20 heavy (non-hydrogen) atoms. The third-order valence-corrected chi connectivity index (χ3v) is 4.06. The van der Waals surface area contributed by atoms with Crippen LogP contribution in [0.1, 0.15) is 38.9 Å². The van der Waals surface area contributed by atoms with Crippen molar-refractivity contribution in [3.8, 4) is 0 Å². The van der Waals surface area contributed by atoms with Crippen LogP contribution in [0.2, 0.25) is 0 Å². The van der Waals surface area contributed by atoms with Crippen LogP contribution in [0.25, 0.3) is 0 Å². The van der Waals surface area contributed by atoms with Crippen LogP contribution in [-0.2, 0) is 0 Å². The zero-order valence-corrected chi connectivity index (χ0v) is 12.1. The molecule has 7 heteroatoms. The van der Waals surface area contributed by atoms with Crippen LogP contribution in [0.5, 0.6) is 0 Å². The fourth-order valence-electron chi connectivity index (χ4n) is 1.93. The Bertz CT molecular complexity index is 657. The van der Waals surface area contributed by atoms with Gasteiger partial charge in [0.05, 0.1) is 16.7 Å². The highest BCUT2D eigenvalue weighted by molar-refractivity contribution is 7.11. The molecular formula is C13H14FN3O2S. The summed E-state index contributed by atoms with van der Waals surface area (Å²) in [5.74, 6) is -2.24. The number of hydrogen-bond donors (Lipinski definition) is 2. The molecule has 0 bridgehead atoms. The van der Waals surface area contributed by atoms with Gasteiger partial charge in [-0.15, -0.1) is 11.3 Å². The lowest BCUT2D eigenvalue weighted by molar-refractivity contribution is 0.0692. The van der Waals surface area contributed by atoms with Crippen molar-refractivity contribution in [1.82, 2.24) is 9.97 Å². The van der Waals surface area contributed by atoms with Gasteiger partial charge in [0.25, 0.3) is 0 Å². The topological polar surface area (TPSA) is 75.1 Å². The molecule has 0 amide bonds. The zero-order valence-electron chi connectivity index (χ0n) is 11.3. The Morgan fingerprint density at radius 3 is 2.75 bits per heavy atom. The van der Waals surface area contributed by atoms with E-state index in [1.807, 2.05) is 20.8 Å². The molecule has 2 heterocycles. The summed E-state index contributed by atoms with van der Waals surface area (Å²) in [7, 11) is 0. The number of pyridine rings is 1. The third-order valence-electron chi connectivity index (χ3n) is 2.81. The van der Waals surface area contributed by atoms with Crippen LogP contribution < -0.4 is 5.32 Å². The Morgan fingerprint density at radius 2 is 2.20 bits per heavy atom. The fourth-order valence-corrected chi connectivity index (χ4v) is 2.86. The second kappa shape index (κ2) is 5.54. The van der Waals surface area contributed by atoms with E-state index in [0.717, 1.165) is 21.6 Å². The minimum atomic E-state index is -1.31. The number of nitrogens with zero attached hydrogens (tertiary/aromatic N) is 2. The number of aromatic carboxylic acids is 1. The molecule has 1 atom stereocenters. The van der Waals surface area contributed by atoms with E-state index in [9.17, 15) is 9.18 Å². The predicted octanol–water partition coefficient (Wildman–Crippen LogP) is 3.17. The summed E-state index contributed by atoms with van der Waals surface area (Å²) >= 11 is 1.52. The van der Waals surface area contributed by atoms with E-state index >= 15 is 0 Å². The van der Waals surface area contributed by atoms with Gasteiger partial charge in [-0.3, -0.25) is 0 Å². The molecule has 2 aromatic heterocycles. The van der Waals surface area contributed by atoms with Gasteiger partial charge in [0.1, 0.15) is 5.56 Å². The normalized spacial score (nSPS) is 12.2. The number of nitrogens with one attached hydrogen (secondary N) is 1. The Kier molecular flexibility index (Phi) is 3.99. The lowest BCUT2D eigenvalue weighted by Crippen LogP contribution is -2.12. The van der Waals surface area contributed by atoms with Gasteiger partial charge >= 0.3 is 5.97 Å². The highest BCUT2D eigenvalue weighted by Gasteiger charge is 2.19. The number of carboxylic acid groups (broad SMARTS) is 1. The average molecular weight is 295 g/mol. The highest BCUT2D eigenvalue weighted by atomic mass is 32.1. The largest absolute Gasteiger partial charge is 0.478 e. The maximum absolute atomic E-state index is 14.0. The molecule has 1 unspecified atom stereocenters. The average Bonchev–Trinajstić information content (AvgIpc) is 2.70. The lowest BCUT2D eigenvalue weighted by atomic mass is 10.2. The number of aromatic nitrogens is 2. The van der Waals surface area contributed by atoms with E-state index in [4.69, 9.17) is 5.11 Å². The summed E-state index contributed by atoms with van der Waals surface area (Å²) in [6.45, 7) is 5.64. The Hall–Kier alpha value is -2.02. The standard InChI is InChI=1S/C13H14FN3O2S/c1-6-11(20-8(3)16-6)7(2)17-12-10(14)9(13(18)19)4-5-15-12/h4-5,7H,1-3H3,(H,15,17)(H,18,19). The van der Waals surface area contributed by atoms with Gasteiger partial charge in [-0.05, 0) is 26.8 Å². The van der Waals surface area contributed by atoms with E-state index in [1.54, 1.807) is 0 Å². The first-order valence-corrected chi connectivity index (χ1v) is 6.80. The molecule has 0 fully saturated rings. The number of rotatable bonds is 4. The highest BCUT2D eigenvalue weighted by Crippen LogP contribution is 2.28. The number of thiazole rings is 1. The molecule has 0 aromatic carbocycles. The van der Waals surface area contributed by atoms with Crippen LogP contribution in [0.15, 0.2) is 12.3 Å². The van der Waals surface area contributed by atoms with Crippen molar-refractivity contribution in [2.45, 2.75) is 26.8 Å². The minimum absolute atomic E-state index is 0.0668. The molecule has 0 aliphatic carbocycles. The second-order valence-electron chi connectivity index (χ2n) is 4.37. The van der Waals surface area contributed by atoms with Crippen molar-refractivity contribution in [2.75, 3.05) is 5.32 Å². The van der Waals surface area contributed by atoms with Gasteiger partial charge in [-0.1, -0.05) is 0 Å². The van der Waals surface area contributed by atoms with Gasteiger partial charge in [-0.25, -0.2) is 19.2 Å². The fraction of sp³-hybridized carbons (Fsp3) is 0.308. The van der Waals surface area contributed by atoms with Crippen LogP contribution in [-0.4, -0.2) is 21.0 Å². The first-order chi connectivity index (χ1) is 9.40. The second-order valence-corrected chi connectivity index (χ2v) is 5.61. The molecule has 106 valence electrons. The molecule has 0 radical (unpaired) electrons. The van der Waals surface area contributed by atoms with Gasteiger partial charge < -0.3 is 10.4 Å². The molecule has 5 nitrogen and oxygen atoms in total. The van der Waals surface area contributed by atoms with Gasteiger partial charge in [0, 0.05) is 11.1 Å². The summed E-state index contributed by atoms with van der Waals surface area (Å²) in [6.07, 6.45) is 1.27. The molecular weight excluding hydrogens is 281 g/mol. The monoisotopic (exact) mass is 295 g/mol. The summed E-state index contributed by atoms with van der Waals surface area (Å²) < 4.78 is 14.0. The van der Waals surface area contributed by atoms with Crippen molar-refractivity contribution in [2.24, 2.45) is 0 Å². The number of aryl methyl sites for hydroxylation is 2. The van der Waals surface area contributed by atoms with E-state index in [-0.39, 0.29) is 11.9 Å². The number of halogens is 1. The van der Waals surface area contributed by atoms with Gasteiger partial charge in [0.2, 0.25) is 0 Å². The summed E-state index contributed by atoms with van der Waals surface area (Å²) in [6, 6.07) is 0.933. The summed E-state index contributed by atoms with van der Waals surface area (Å²) in [5, 5.41) is 12.7. The number of hydrogen-bond acceptors (Lipinski definition) is 5. The molecule has 0 aliphatic heterocycles. The van der Waals surface area contributed by atoms with E-state index in [0.29, 0.717) is 0 Å². The van der Waals surface area contributed by atoms with Crippen LogP contribution >= 0.6 is 11.3 Å². The lowest BCUT2D eigenvalue weighted by Gasteiger charge is -2.14. The molecule has 2 aromatic rings. The Morgan fingerprint density at radius 1 is 1.50 bits per heavy atom. The molecule has 2 N–H and O–H groups in total. The van der Waals surface area contributed by atoms with Crippen molar-refractivity contribution in [3.63, 3.8) is 0 Å². The van der Waals surface area contributed by atoms with Gasteiger partial charge in [0.15, 0.2) is 11.6 Å². The van der Waals surface area contributed by atoms with Crippen molar-refractivity contribution >= 4 is 23.1 Å². The molecule has 0 spiro atoms. The van der Waals surface area contributed by atoms with Crippen LogP contribution in [0, 0.1) is 19.7 Å². The smallest absolute Gasteiger partial charge is 0.338 e. The molecule has 0 aliphatic rings. The summed E-state index contributed by atoms with van der Waals surface area (Å²) in [4.78, 5) is 20.0. The first kappa shape index (κ1) is 14.4. The van der Waals surface area contributed by atoms with Crippen molar-refractivity contribution < 1.29 is 14.3 Å². The number of anilines is 1. The minimum Gasteiger partial charge on any atom is -0.478 e. The maximum Gasteiger partial charge on any atom is 0.338 e. The SMILES string of the molecule is Cc1nc(C)c(C(C)Nc2nccc(C(=O)O)c2F)s1. The van der Waals surface area contributed by atoms with E-state index in [2.05, 4.69) is 15.3 Å². The van der Waals surface area contributed by atoms with Crippen molar-refractivity contribution in [3.05, 3.63) is 39.2 Å². The van der Waals surface area contributed by atoms with E-state index < -0.39 is 17.3 Å². The first-order valence-electron chi connectivity index (χ1n) is 5.98. The predicted molar refractivity (Wildman–Crippen MR) is 74.8 cm³/mol. The number of carboxylic acids is 1.